The van der Waals surface area contributed by atoms with Gasteiger partial charge in [-0.1, -0.05) is 56.5 Å². The monoisotopic (exact) mass is 308 g/mol. The Kier molecular flexibility index (Phi) is 5.76. The number of benzene rings is 1. The van der Waals surface area contributed by atoms with E-state index in [2.05, 4.69) is 56.1 Å². The molecule has 2 aromatic rings. The van der Waals surface area contributed by atoms with Crippen LogP contribution in [-0.2, 0) is 12.8 Å². The number of anilines is 1. The third-order valence-corrected chi connectivity index (χ3v) is 4.20. The summed E-state index contributed by atoms with van der Waals surface area (Å²) >= 11 is 0. The van der Waals surface area contributed by atoms with Crippen LogP contribution in [0, 0.1) is 18.3 Å². The van der Waals surface area contributed by atoms with Crippen molar-refractivity contribution in [3.8, 4) is 17.2 Å². The average Bonchev–Trinajstić information content (AvgIpc) is 2.55. The van der Waals surface area contributed by atoms with Gasteiger partial charge in [0.25, 0.3) is 5.82 Å². The van der Waals surface area contributed by atoms with Crippen LogP contribution in [0.25, 0.3) is 11.1 Å². The van der Waals surface area contributed by atoms with Gasteiger partial charge in [0.1, 0.15) is 17.3 Å². The standard InChI is InChI=1S/C20H25N3/c1-4-6-8-18-16(7-5-2)19(17(13-21)20(22)23-18)15-11-9-14(3)10-12-15/h9-12H,4-8H2,1-3H3,(H2,22,23)/p+1. The van der Waals surface area contributed by atoms with Gasteiger partial charge in [0.2, 0.25) is 0 Å². The van der Waals surface area contributed by atoms with E-state index in [0.717, 1.165) is 43.2 Å². The molecule has 3 heteroatoms. The summed E-state index contributed by atoms with van der Waals surface area (Å²) in [5, 5.41) is 9.62. The van der Waals surface area contributed by atoms with Gasteiger partial charge >= 0.3 is 0 Å². The number of aryl methyl sites for hydroxylation is 2. The lowest BCUT2D eigenvalue weighted by molar-refractivity contribution is -0.374. The zero-order chi connectivity index (χ0) is 16.8. The molecule has 120 valence electrons. The molecule has 1 heterocycles. The van der Waals surface area contributed by atoms with Crippen molar-refractivity contribution in [3.05, 3.63) is 46.6 Å². The maximum atomic E-state index is 9.62. The Morgan fingerprint density at radius 1 is 1.09 bits per heavy atom. The highest BCUT2D eigenvalue weighted by molar-refractivity contribution is 5.77. The molecule has 0 aliphatic carbocycles. The van der Waals surface area contributed by atoms with Gasteiger partial charge in [-0.3, -0.25) is 5.73 Å². The maximum Gasteiger partial charge on any atom is 0.289 e. The first-order valence-electron chi connectivity index (χ1n) is 8.45. The van der Waals surface area contributed by atoms with Crippen molar-refractivity contribution >= 4 is 5.82 Å². The van der Waals surface area contributed by atoms with Crippen LogP contribution in [0.3, 0.4) is 0 Å². The molecular weight excluding hydrogens is 282 g/mol. The third-order valence-electron chi connectivity index (χ3n) is 4.20. The number of nitrogen functional groups attached to an aromatic ring is 1. The average molecular weight is 308 g/mol. The van der Waals surface area contributed by atoms with Crippen molar-refractivity contribution < 1.29 is 4.98 Å². The van der Waals surface area contributed by atoms with Gasteiger partial charge in [-0.15, -0.1) is 0 Å². The topological polar surface area (TPSA) is 63.9 Å². The van der Waals surface area contributed by atoms with E-state index in [9.17, 15) is 5.26 Å². The first-order chi connectivity index (χ1) is 11.1. The number of aromatic amines is 1. The number of nitrogens with two attached hydrogens (primary N) is 1. The van der Waals surface area contributed by atoms with Gasteiger partial charge < -0.3 is 0 Å². The van der Waals surface area contributed by atoms with Crippen molar-refractivity contribution in [2.24, 2.45) is 0 Å². The number of H-pyrrole nitrogens is 1. The van der Waals surface area contributed by atoms with Crippen LogP contribution in [0.1, 0.15) is 55.5 Å². The fourth-order valence-corrected chi connectivity index (χ4v) is 2.98. The highest BCUT2D eigenvalue weighted by atomic mass is 14.9. The quantitative estimate of drug-likeness (QED) is 0.868. The number of nitriles is 1. The summed E-state index contributed by atoms with van der Waals surface area (Å²) in [6.45, 7) is 6.43. The Morgan fingerprint density at radius 2 is 1.78 bits per heavy atom. The summed E-state index contributed by atoms with van der Waals surface area (Å²) in [4.78, 5) is 3.29. The molecule has 0 aliphatic rings. The van der Waals surface area contributed by atoms with Crippen LogP contribution in [0.4, 0.5) is 5.82 Å². The minimum atomic E-state index is 0.481. The van der Waals surface area contributed by atoms with E-state index in [1.807, 2.05) is 0 Å². The lowest BCUT2D eigenvalue weighted by atomic mass is 9.90. The molecule has 1 aromatic carbocycles. The maximum absolute atomic E-state index is 9.62. The number of nitrogens with zero attached hydrogens (tertiary/aromatic N) is 1. The molecule has 23 heavy (non-hydrogen) atoms. The Labute approximate surface area is 139 Å². The number of pyridine rings is 1. The summed E-state index contributed by atoms with van der Waals surface area (Å²) in [7, 11) is 0. The summed E-state index contributed by atoms with van der Waals surface area (Å²) in [5.74, 6) is 0.481. The molecule has 0 unspecified atom stereocenters. The van der Waals surface area contributed by atoms with Gasteiger partial charge in [-0.05, 0) is 25.3 Å². The number of nitrogens with one attached hydrogen (secondary N) is 1. The lowest BCUT2D eigenvalue weighted by Crippen LogP contribution is -2.22. The summed E-state index contributed by atoms with van der Waals surface area (Å²) < 4.78 is 0. The Balaban J connectivity index is 2.71. The van der Waals surface area contributed by atoms with Crippen LogP contribution < -0.4 is 10.7 Å². The molecule has 1 aromatic heterocycles. The molecule has 0 saturated carbocycles. The van der Waals surface area contributed by atoms with Crippen molar-refractivity contribution in [2.45, 2.75) is 52.9 Å². The van der Waals surface area contributed by atoms with Crippen LogP contribution in [-0.4, -0.2) is 0 Å². The first-order valence-corrected chi connectivity index (χ1v) is 8.45. The Hall–Kier alpha value is -2.34. The lowest BCUT2D eigenvalue weighted by Gasteiger charge is -2.15. The summed E-state index contributed by atoms with van der Waals surface area (Å²) in [6.07, 6.45) is 5.22. The SMILES string of the molecule is CCCCc1[nH+]c(N)c(C#N)c(-c2ccc(C)cc2)c1CCC. The molecule has 0 radical (unpaired) electrons. The molecular formula is C20H26N3+. The van der Waals surface area contributed by atoms with Crippen LogP contribution in [0.2, 0.25) is 0 Å². The zero-order valence-corrected chi connectivity index (χ0v) is 14.4. The zero-order valence-electron chi connectivity index (χ0n) is 14.4. The molecule has 3 N–H and O–H groups in total. The summed E-state index contributed by atoms with van der Waals surface area (Å²) in [5.41, 5.74) is 12.5. The van der Waals surface area contributed by atoms with E-state index in [-0.39, 0.29) is 0 Å². The minimum absolute atomic E-state index is 0.481. The van der Waals surface area contributed by atoms with E-state index in [1.165, 1.54) is 16.8 Å². The number of hydrogen-bond acceptors (Lipinski definition) is 2. The predicted molar refractivity (Wildman–Crippen MR) is 94.9 cm³/mol. The second-order valence-corrected chi connectivity index (χ2v) is 6.08. The second kappa shape index (κ2) is 7.78. The fraction of sp³-hybridized carbons (Fsp3) is 0.400. The number of hydrogen-bond donors (Lipinski definition) is 1. The minimum Gasteiger partial charge on any atom is -0.286 e. The molecule has 0 aliphatic heterocycles. The van der Waals surface area contributed by atoms with Crippen LogP contribution >= 0.6 is 0 Å². The molecule has 0 amide bonds. The predicted octanol–water partition coefficient (Wildman–Crippen LogP) is 4.23. The summed E-state index contributed by atoms with van der Waals surface area (Å²) in [6, 6.07) is 10.7. The Bertz CT molecular complexity index is 709. The molecule has 0 fully saturated rings. The van der Waals surface area contributed by atoms with E-state index in [0.29, 0.717) is 11.4 Å². The van der Waals surface area contributed by atoms with Gasteiger partial charge in [-0.25, -0.2) is 4.98 Å². The molecule has 3 nitrogen and oxygen atoms in total. The smallest absolute Gasteiger partial charge is 0.286 e. The van der Waals surface area contributed by atoms with Crippen molar-refractivity contribution in [1.82, 2.24) is 0 Å². The van der Waals surface area contributed by atoms with E-state index in [1.54, 1.807) is 0 Å². The van der Waals surface area contributed by atoms with Gasteiger partial charge in [0.15, 0.2) is 0 Å². The molecule has 2 rings (SSSR count). The molecule has 0 atom stereocenters. The molecule has 0 bridgehead atoms. The van der Waals surface area contributed by atoms with Crippen molar-refractivity contribution in [2.75, 3.05) is 5.73 Å². The highest BCUT2D eigenvalue weighted by Crippen LogP contribution is 2.32. The van der Waals surface area contributed by atoms with Gasteiger partial charge in [0, 0.05) is 17.5 Å². The Morgan fingerprint density at radius 3 is 2.35 bits per heavy atom. The van der Waals surface area contributed by atoms with E-state index < -0.39 is 0 Å². The van der Waals surface area contributed by atoms with Crippen LogP contribution in [0.5, 0.6) is 0 Å². The number of aromatic nitrogens is 1. The normalized spacial score (nSPS) is 10.5. The number of rotatable bonds is 6. The largest absolute Gasteiger partial charge is 0.289 e. The van der Waals surface area contributed by atoms with E-state index >= 15 is 0 Å². The van der Waals surface area contributed by atoms with Crippen LogP contribution in [0.15, 0.2) is 24.3 Å². The van der Waals surface area contributed by atoms with Crippen molar-refractivity contribution in [3.63, 3.8) is 0 Å². The fourth-order valence-electron chi connectivity index (χ4n) is 2.98. The highest BCUT2D eigenvalue weighted by Gasteiger charge is 2.22. The molecule has 0 spiro atoms. The van der Waals surface area contributed by atoms with Gasteiger partial charge in [-0.2, -0.15) is 5.26 Å². The number of unbranched alkanes of at least 4 members (excludes halogenated alkanes) is 1. The second-order valence-electron chi connectivity index (χ2n) is 6.08. The van der Waals surface area contributed by atoms with Crippen molar-refractivity contribution in [1.29, 1.82) is 5.26 Å². The van der Waals surface area contributed by atoms with Gasteiger partial charge in [0.05, 0.1) is 0 Å². The third kappa shape index (κ3) is 3.71. The molecule has 0 saturated heterocycles. The van der Waals surface area contributed by atoms with E-state index in [4.69, 9.17) is 5.73 Å². The first kappa shape index (κ1) is 17.0.